The first-order valence-electron chi connectivity index (χ1n) is 12.5. The first-order chi connectivity index (χ1) is 19.6. The Morgan fingerprint density at radius 2 is 1.80 bits per heavy atom. The third-order valence-electron chi connectivity index (χ3n) is 6.51. The molecule has 0 aliphatic heterocycles. The van der Waals surface area contributed by atoms with Gasteiger partial charge in [-0.3, -0.25) is 0 Å². The van der Waals surface area contributed by atoms with Crippen LogP contribution < -0.4 is 15.1 Å². The van der Waals surface area contributed by atoms with E-state index in [1.54, 1.807) is 24.6 Å². The molecule has 6 aromatic rings. The number of hydrogen-bond acceptors (Lipinski definition) is 7. The van der Waals surface area contributed by atoms with Crippen LogP contribution in [0, 0.1) is 11.3 Å². The van der Waals surface area contributed by atoms with Crippen molar-refractivity contribution in [3.63, 3.8) is 0 Å². The van der Waals surface area contributed by atoms with E-state index in [0.717, 1.165) is 27.3 Å². The Bertz CT molecular complexity index is 1980. The summed E-state index contributed by atoms with van der Waals surface area (Å²) in [6, 6.07) is 31.1. The van der Waals surface area contributed by atoms with Crippen LogP contribution in [0.25, 0.3) is 44.6 Å². The molecule has 0 aliphatic carbocycles. The average Bonchev–Trinajstić information content (AvgIpc) is 3.49. The number of methoxy groups -OCH3 is 1. The molecule has 4 aromatic carbocycles. The van der Waals surface area contributed by atoms with Gasteiger partial charge in [0.15, 0.2) is 11.5 Å². The average molecular weight is 543 g/mol. The summed E-state index contributed by atoms with van der Waals surface area (Å²) in [6.07, 6.45) is 1.74. The molecule has 194 valence electrons. The lowest BCUT2D eigenvalue weighted by atomic mass is 10.0. The first kappa shape index (κ1) is 25.1. The van der Waals surface area contributed by atoms with Gasteiger partial charge in [0, 0.05) is 10.8 Å². The fourth-order valence-corrected chi connectivity index (χ4v) is 5.29. The van der Waals surface area contributed by atoms with Gasteiger partial charge in [0.05, 0.1) is 23.9 Å². The number of nitrogens with zero attached hydrogens (tertiary/aromatic N) is 2. The topological polar surface area (TPSA) is 85.4 Å². The predicted molar refractivity (Wildman–Crippen MR) is 158 cm³/mol. The van der Waals surface area contributed by atoms with Gasteiger partial charge in [0.25, 0.3) is 0 Å². The number of fused-ring (bicyclic) bond motifs is 3. The largest absolute Gasteiger partial charge is 0.493 e. The van der Waals surface area contributed by atoms with Crippen molar-refractivity contribution in [1.82, 2.24) is 4.98 Å². The van der Waals surface area contributed by atoms with Crippen molar-refractivity contribution in [3.05, 3.63) is 123 Å². The molecular weight excluding hydrogens is 520 g/mol. The summed E-state index contributed by atoms with van der Waals surface area (Å²) in [5.74, 6) is 1.16. The van der Waals surface area contributed by atoms with E-state index in [9.17, 15) is 10.1 Å². The Hall–Kier alpha value is -5.19. The zero-order chi connectivity index (χ0) is 27.5. The van der Waals surface area contributed by atoms with Gasteiger partial charge in [0.2, 0.25) is 0 Å². The molecule has 40 heavy (non-hydrogen) atoms. The van der Waals surface area contributed by atoms with Gasteiger partial charge in [0.1, 0.15) is 23.3 Å². The molecule has 0 aliphatic rings. The Morgan fingerprint density at radius 3 is 2.62 bits per heavy atom. The highest BCUT2D eigenvalue weighted by Gasteiger charge is 2.15. The number of aromatic nitrogens is 1. The predicted octanol–water partition coefficient (Wildman–Crippen LogP) is 7.72. The van der Waals surface area contributed by atoms with Crippen LogP contribution in [0.4, 0.5) is 0 Å². The summed E-state index contributed by atoms with van der Waals surface area (Å²) in [6.45, 7) is 0.413. The third kappa shape index (κ3) is 4.96. The van der Waals surface area contributed by atoms with E-state index in [1.165, 1.54) is 11.3 Å². The highest BCUT2D eigenvalue weighted by atomic mass is 32.1. The summed E-state index contributed by atoms with van der Waals surface area (Å²) < 4.78 is 17.1. The van der Waals surface area contributed by atoms with Crippen molar-refractivity contribution in [3.8, 4) is 28.8 Å². The minimum absolute atomic E-state index is 0.352. The smallest absolute Gasteiger partial charge is 0.345 e. The minimum atomic E-state index is -0.474. The SMILES string of the molecule is COc1cc(/C=C(/C#N)c2nc(-c3cc4c(ccc5ccccc54)oc3=O)cs2)ccc1OCc1ccccc1. The second kappa shape index (κ2) is 10.9. The van der Waals surface area contributed by atoms with Crippen LogP contribution in [0.5, 0.6) is 11.5 Å². The van der Waals surface area contributed by atoms with Crippen molar-refractivity contribution in [2.45, 2.75) is 6.61 Å². The Labute approximate surface area is 234 Å². The molecule has 2 aromatic heterocycles. The van der Waals surface area contributed by atoms with Crippen molar-refractivity contribution >= 4 is 44.7 Å². The van der Waals surface area contributed by atoms with E-state index in [4.69, 9.17) is 13.9 Å². The Morgan fingerprint density at radius 1 is 0.975 bits per heavy atom. The molecule has 7 heteroatoms. The van der Waals surface area contributed by atoms with Gasteiger partial charge in [-0.25, -0.2) is 9.78 Å². The summed E-state index contributed by atoms with van der Waals surface area (Å²) in [5.41, 5.74) is 3.04. The summed E-state index contributed by atoms with van der Waals surface area (Å²) in [4.78, 5) is 17.5. The van der Waals surface area contributed by atoms with Crippen LogP contribution in [0.3, 0.4) is 0 Å². The molecule has 0 fully saturated rings. The maximum Gasteiger partial charge on any atom is 0.345 e. The van der Waals surface area contributed by atoms with E-state index >= 15 is 0 Å². The Kier molecular flexibility index (Phi) is 6.84. The van der Waals surface area contributed by atoms with Gasteiger partial charge in [-0.05, 0) is 52.2 Å². The first-order valence-corrected chi connectivity index (χ1v) is 13.4. The lowest BCUT2D eigenvalue weighted by Crippen LogP contribution is -2.03. The highest BCUT2D eigenvalue weighted by Crippen LogP contribution is 2.33. The fraction of sp³-hybridized carbons (Fsp3) is 0.0606. The third-order valence-corrected chi connectivity index (χ3v) is 7.38. The molecule has 0 saturated heterocycles. The highest BCUT2D eigenvalue weighted by molar-refractivity contribution is 7.11. The minimum Gasteiger partial charge on any atom is -0.493 e. The van der Waals surface area contributed by atoms with E-state index in [-0.39, 0.29) is 0 Å². The molecule has 0 radical (unpaired) electrons. The molecule has 0 bridgehead atoms. The van der Waals surface area contributed by atoms with E-state index in [0.29, 0.717) is 45.5 Å². The van der Waals surface area contributed by atoms with Crippen LogP contribution in [-0.2, 0) is 6.61 Å². The molecule has 0 spiro atoms. The van der Waals surface area contributed by atoms with E-state index in [2.05, 4.69) is 11.1 Å². The number of nitriles is 1. The number of thiazole rings is 1. The second-order valence-electron chi connectivity index (χ2n) is 9.04. The lowest BCUT2D eigenvalue weighted by Gasteiger charge is -2.11. The Balaban J connectivity index is 1.30. The van der Waals surface area contributed by atoms with E-state index in [1.807, 2.05) is 84.9 Å². The second-order valence-corrected chi connectivity index (χ2v) is 9.90. The molecular formula is C33H22N2O4S. The molecule has 0 N–H and O–H groups in total. The zero-order valence-corrected chi connectivity index (χ0v) is 22.3. The van der Waals surface area contributed by atoms with Crippen molar-refractivity contribution in [2.24, 2.45) is 0 Å². The lowest BCUT2D eigenvalue weighted by molar-refractivity contribution is 0.284. The van der Waals surface area contributed by atoms with Gasteiger partial charge in [-0.2, -0.15) is 5.26 Å². The summed E-state index contributed by atoms with van der Waals surface area (Å²) >= 11 is 1.29. The molecule has 2 heterocycles. The number of benzene rings is 4. The van der Waals surface area contributed by atoms with Crippen LogP contribution in [0.2, 0.25) is 0 Å². The quantitative estimate of drug-likeness (QED) is 0.117. The van der Waals surface area contributed by atoms with Crippen LogP contribution >= 0.6 is 11.3 Å². The maximum absolute atomic E-state index is 12.8. The number of ether oxygens (including phenoxy) is 2. The standard InChI is InChI=1S/C33H22N2O4S/c1-37-31-16-22(11-13-30(31)38-19-21-7-3-2-4-8-21)15-24(18-34)32-35-28(20-40-32)27-17-26-25-10-6-5-9-23(25)12-14-29(26)39-33(27)36/h2-17,20H,19H2,1H3/b24-15-. The fourth-order valence-electron chi connectivity index (χ4n) is 4.51. The van der Waals surface area contributed by atoms with Gasteiger partial charge >= 0.3 is 5.63 Å². The number of hydrogen-bond donors (Lipinski definition) is 0. The van der Waals surface area contributed by atoms with Crippen LogP contribution in [-0.4, -0.2) is 12.1 Å². The monoisotopic (exact) mass is 542 g/mol. The molecule has 0 saturated carbocycles. The molecule has 6 rings (SSSR count). The normalized spacial score (nSPS) is 11.4. The molecule has 0 amide bonds. The van der Waals surface area contributed by atoms with Gasteiger partial charge < -0.3 is 13.9 Å². The van der Waals surface area contributed by atoms with Crippen LogP contribution in [0.1, 0.15) is 16.1 Å². The van der Waals surface area contributed by atoms with Crippen molar-refractivity contribution < 1.29 is 13.9 Å². The summed E-state index contributed by atoms with van der Waals surface area (Å²) in [5, 5.41) is 15.1. The van der Waals surface area contributed by atoms with Gasteiger partial charge in [-0.1, -0.05) is 66.7 Å². The zero-order valence-electron chi connectivity index (χ0n) is 21.5. The maximum atomic E-state index is 12.8. The number of rotatable bonds is 7. The van der Waals surface area contributed by atoms with E-state index < -0.39 is 5.63 Å². The molecule has 0 unspecified atom stereocenters. The number of allylic oxidation sites excluding steroid dienone is 1. The molecule has 0 atom stereocenters. The van der Waals surface area contributed by atoms with Crippen molar-refractivity contribution in [2.75, 3.05) is 7.11 Å². The van der Waals surface area contributed by atoms with Crippen molar-refractivity contribution in [1.29, 1.82) is 5.26 Å². The molecule has 6 nitrogen and oxygen atoms in total. The summed E-state index contributed by atoms with van der Waals surface area (Å²) in [7, 11) is 1.58. The van der Waals surface area contributed by atoms with Crippen LogP contribution in [0.15, 0.2) is 106 Å². The van der Waals surface area contributed by atoms with Gasteiger partial charge in [-0.15, -0.1) is 11.3 Å².